The number of carbonyl (C=O) groups excluding carboxylic acids is 1. The molecule has 0 aliphatic carbocycles. The Bertz CT molecular complexity index is 1010. The van der Waals surface area contributed by atoms with Crippen LogP contribution in [0.3, 0.4) is 0 Å². The molecule has 1 atom stereocenters. The second-order valence-corrected chi connectivity index (χ2v) is 6.98. The molecule has 1 aliphatic heterocycles. The summed E-state index contributed by atoms with van der Waals surface area (Å²) in [5, 5.41) is 13.8. The second-order valence-electron chi connectivity index (χ2n) is 6.98. The number of hydrogen-bond donors (Lipinski definition) is 2. The van der Waals surface area contributed by atoms with Crippen LogP contribution >= 0.6 is 0 Å². The highest BCUT2D eigenvalue weighted by Crippen LogP contribution is 2.28. The van der Waals surface area contributed by atoms with Crippen LogP contribution in [-0.2, 0) is 17.9 Å². The monoisotopic (exact) mass is 378 g/mol. The minimum Gasteiger partial charge on any atom is -0.457 e. The quantitative estimate of drug-likeness (QED) is 0.640. The lowest BCUT2D eigenvalue weighted by Gasteiger charge is -2.16. The van der Waals surface area contributed by atoms with E-state index in [1.54, 1.807) is 18.5 Å². The highest BCUT2D eigenvalue weighted by atomic mass is 16.5. The fraction of sp³-hybridized carbons (Fsp3) is 0.286. The minimum atomic E-state index is -0.665. The van der Waals surface area contributed by atoms with Gasteiger partial charge in [0.2, 0.25) is 0 Å². The van der Waals surface area contributed by atoms with E-state index in [-0.39, 0.29) is 12.6 Å². The maximum atomic E-state index is 11.6. The van der Waals surface area contributed by atoms with Gasteiger partial charge in [0.1, 0.15) is 18.8 Å². The summed E-state index contributed by atoms with van der Waals surface area (Å²) in [6.07, 6.45) is 4.81. The maximum Gasteiger partial charge on any atom is 0.338 e. The van der Waals surface area contributed by atoms with Crippen LogP contribution in [0.1, 0.15) is 44.4 Å². The molecule has 0 saturated heterocycles. The van der Waals surface area contributed by atoms with Gasteiger partial charge in [-0.05, 0) is 42.7 Å². The first-order chi connectivity index (χ1) is 13.5. The van der Waals surface area contributed by atoms with E-state index < -0.39 is 6.10 Å². The standard InChI is InChI=1S/C21H22N4O3/c1-13-10-25(12-24-13)20-6-3-15(8-23-20)7-22-9-19(26)16-4-5-17-18(14(16)2)11-28-21(17)27/h3-6,8,10,12,19,22,26H,7,9,11H2,1-2H3/t19-/m0/s1. The van der Waals surface area contributed by atoms with Gasteiger partial charge >= 0.3 is 5.97 Å². The molecule has 0 amide bonds. The number of imidazole rings is 1. The summed E-state index contributed by atoms with van der Waals surface area (Å²) < 4.78 is 6.95. The fourth-order valence-electron chi connectivity index (χ4n) is 3.41. The minimum absolute atomic E-state index is 0.280. The topological polar surface area (TPSA) is 89.3 Å². The smallest absolute Gasteiger partial charge is 0.338 e. The van der Waals surface area contributed by atoms with Crippen molar-refractivity contribution in [1.29, 1.82) is 0 Å². The molecule has 1 aromatic carbocycles. The lowest BCUT2D eigenvalue weighted by Crippen LogP contribution is -2.22. The van der Waals surface area contributed by atoms with Gasteiger partial charge in [-0.25, -0.2) is 14.8 Å². The fourth-order valence-corrected chi connectivity index (χ4v) is 3.41. The molecule has 144 valence electrons. The average Bonchev–Trinajstić information content (AvgIpc) is 3.29. The number of esters is 1. The van der Waals surface area contributed by atoms with Crippen molar-refractivity contribution < 1.29 is 14.6 Å². The van der Waals surface area contributed by atoms with E-state index >= 15 is 0 Å². The van der Waals surface area contributed by atoms with Crippen molar-refractivity contribution in [1.82, 2.24) is 19.9 Å². The van der Waals surface area contributed by atoms with Crippen molar-refractivity contribution in [3.8, 4) is 5.82 Å². The van der Waals surface area contributed by atoms with Gasteiger partial charge in [0.05, 0.1) is 17.4 Å². The SMILES string of the molecule is Cc1cn(-c2ccc(CNC[C@H](O)c3ccc4c(c3C)COC4=O)cn2)cn1. The van der Waals surface area contributed by atoms with Crippen molar-refractivity contribution >= 4 is 5.97 Å². The van der Waals surface area contributed by atoms with E-state index in [1.165, 1.54) is 0 Å². The Hall–Kier alpha value is -3.03. The number of fused-ring (bicyclic) bond motifs is 1. The lowest BCUT2D eigenvalue weighted by atomic mass is 9.95. The molecule has 3 aromatic rings. The molecule has 28 heavy (non-hydrogen) atoms. The third-order valence-electron chi connectivity index (χ3n) is 5.02. The first kappa shape index (κ1) is 18.3. The molecule has 7 nitrogen and oxygen atoms in total. The zero-order valence-corrected chi connectivity index (χ0v) is 15.8. The Morgan fingerprint density at radius 3 is 2.82 bits per heavy atom. The number of ether oxygens (including phenoxy) is 1. The van der Waals surface area contributed by atoms with Crippen LogP contribution in [0.25, 0.3) is 5.82 Å². The van der Waals surface area contributed by atoms with Gasteiger partial charge in [-0.1, -0.05) is 12.1 Å². The summed E-state index contributed by atoms with van der Waals surface area (Å²) in [4.78, 5) is 20.3. The normalized spacial score (nSPS) is 14.0. The largest absolute Gasteiger partial charge is 0.457 e. The Morgan fingerprint density at radius 1 is 1.25 bits per heavy atom. The average molecular weight is 378 g/mol. The number of benzene rings is 1. The molecule has 3 heterocycles. The Kier molecular flexibility index (Phi) is 4.93. The molecule has 1 aliphatic rings. The number of nitrogens with zero attached hydrogens (tertiary/aromatic N) is 3. The summed E-state index contributed by atoms with van der Waals surface area (Å²) in [5.74, 6) is 0.522. The molecule has 0 spiro atoms. The Labute approximate surface area is 163 Å². The van der Waals surface area contributed by atoms with Gasteiger partial charge in [-0.3, -0.25) is 4.57 Å². The highest BCUT2D eigenvalue weighted by molar-refractivity contribution is 5.93. The summed E-state index contributed by atoms with van der Waals surface area (Å²) >= 11 is 0. The molecule has 0 bridgehead atoms. The van der Waals surface area contributed by atoms with Crippen LogP contribution in [0.2, 0.25) is 0 Å². The number of aromatic nitrogens is 3. The highest BCUT2D eigenvalue weighted by Gasteiger charge is 2.25. The summed E-state index contributed by atoms with van der Waals surface area (Å²) in [5.41, 5.74) is 5.17. The predicted molar refractivity (Wildman–Crippen MR) is 103 cm³/mol. The molecular formula is C21H22N4O3. The van der Waals surface area contributed by atoms with E-state index in [2.05, 4.69) is 15.3 Å². The first-order valence-electron chi connectivity index (χ1n) is 9.17. The van der Waals surface area contributed by atoms with Crippen molar-refractivity contribution in [2.45, 2.75) is 33.1 Å². The van der Waals surface area contributed by atoms with Crippen LogP contribution in [0.5, 0.6) is 0 Å². The number of hydrogen-bond acceptors (Lipinski definition) is 6. The maximum absolute atomic E-state index is 11.6. The molecule has 2 aromatic heterocycles. The summed E-state index contributed by atoms with van der Waals surface area (Å²) in [6.45, 7) is 5.13. The Morgan fingerprint density at radius 2 is 2.11 bits per heavy atom. The number of cyclic esters (lactones) is 1. The first-order valence-corrected chi connectivity index (χ1v) is 9.17. The molecule has 4 rings (SSSR count). The second kappa shape index (κ2) is 7.53. The van der Waals surface area contributed by atoms with E-state index in [0.717, 1.165) is 33.8 Å². The molecule has 0 unspecified atom stereocenters. The predicted octanol–water partition coefficient (Wildman–Crippen LogP) is 2.38. The van der Waals surface area contributed by atoms with Gasteiger partial charge < -0.3 is 15.2 Å². The molecule has 7 heteroatoms. The van der Waals surface area contributed by atoms with Crippen molar-refractivity contribution in [3.05, 3.63) is 76.5 Å². The zero-order valence-electron chi connectivity index (χ0n) is 15.8. The molecule has 2 N–H and O–H groups in total. The zero-order chi connectivity index (χ0) is 19.7. The molecule has 0 fully saturated rings. The summed E-state index contributed by atoms with van der Waals surface area (Å²) in [6, 6.07) is 7.48. The van der Waals surface area contributed by atoms with Crippen LogP contribution < -0.4 is 5.32 Å². The van der Waals surface area contributed by atoms with E-state index in [0.29, 0.717) is 18.7 Å². The molecule has 0 saturated carbocycles. The van der Waals surface area contributed by atoms with Gasteiger partial charge in [-0.15, -0.1) is 0 Å². The van der Waals surface area contributed by atoms with Gasteiger partial charge in [0.15, 0.2) is 0 Å². The molecule has 0 radical (unpaired) electrons. The number of aliphatic hydroxyl groups excluding tert-OH is 1. The Balaban J connectivity index is 1.36. The number of rotatable bonds is 6. The third kappa shape index (κ3) is 3.54. The van der Waals surface area contributed by atoms with Crippen LogP contribution in [-0.4, -0.2) is 32.2 Å². The van der Waals surface area contributed by atoms with Crippen LogP contribution in [0, 0.1) is 13.8 Å². The van der Waals surface area contributed by atoms with Crippen molar-refractivity contribution in [2.75, 3.05) is 6.54 Å². The van der Waals surface area contributed by atoms with Crippen molar-refractivity contribution in [3.63, 3.8) is 0 Å². The molecular weight excluding hydrogens is 356 g/mol. The van der Waals surface area contributed by atoms with Crippen LogP contribution in [0.4, 0.5) is 0 Å². The lowest BCUT2D eigenvalue weighted by molar-refractivity contribution is 0.0535. The van der Waals surface area contributed by atoms with Gasteiger partial charge in [-0.2, -0.15) is 0 Å². The number of nitrogens with one attached hydrogen (secondary N) is 1. The van der Waals surface area contributed by atoms with E-state index in [9.17, 15) is 9.90 Å². The number of pyridine rings is 1. The van der Waals surface area contributed by atoms with Gasteiger partial charge in [0, 0.05) is 31.0 Å². The van der Waals surface area contributed by atoms with Crippen molar-refractivity contribution in [2.24, 2.45) is 0 Å². The van der Waals surface area contributed by atoms with Crippen LogP contribution in [0.15, 0.2) is 43.0 Å². The van der Waals surface area contributed by atoms with E-state index in [4.69, 9.17) is 4.74 Å². The number of aryl methyl sites for hydroxylation is 1. The number of aliphatic hydroxyl groups is 1. The summed E-state index contributed by atoms with van der Waals surface area (Å²) in [7, 11) is 0. The van der Waals surface area contributed by atoms with Gasteiger partial charge in [0.25, 0.3) is 0 Å². The third-order valence-corrected chi connectivity index (χ3v) is 5.02. The van der Waals surface area contributed by atoms with E-state index in [1.807, 2.05) is 42.9 Å². The number of carbonyl (C=O) groups is 1.